The number of halogens is 3. The fourth-order valence-electron chi connectivity index (χ4n) is 3.15. The van der Waals surface area contributed by atoms with Gasteiger partial charge in [-0.2, -0.15) is 28.1 Å². The van der Waals surface area contributed by atoms with E-state index in [2.05, 4.69) is 35.6 Å². The first-order valence-electron chi connectivity index (χ1n) is 10.0. The van der Waals surface area contributed by atoms with Crippen LogP contribution in [-0.4, -0.2) is 31.0 Å². The first kappa shape index (κ1) is 21.0. The molecule has 0 amide bonds. The molecule has 162 valence electrons. The molecule has 0 bridgehead atoms. The third-order valence-corrected chi connectivity index (χ3v) is 5.07. The molecule has 1 aliphatic carbocycles. The molecule has 2 unspecified atom stereocenters. The number of nitrogens with one attached hydrogen (secondary N) is 2. The van der Waals surface area contributed by atoms with Crippen LogP contribution in [0.1, 0.15) is 44.1 Å². The van der Waals surface area contributed by atoms with Gasteiger partial charge in [-0.3, -0.25) is 4.98 Å². The summed E-state index contributed by atoms with van der Waals surface area (Å²) in [6.07, 6.45) is -0.616. The molecule has 31 heavy (non-hydrogen) atoms. The van der Waals surface area contributed by atoms with Crippen molar-refractivity contribution in [3.8, 4) is 11.5 Å². The van der Waals surface area contributed by atoms with Crippen LogP contribution in [0.5, 0.6) is 0 Å². The fraction of sp³-hybridized carbons (Fsp3) is 0.381. The van der Waals surface area contributed by atoms with Gasteiger partial charge in [0.25, 0.3) is 0 Å². The summed E-state index contributed by atoms with van der Waals surface area (Å²) in [7, 11) is 0. The van der Waals surface area contributed by atoms with Crippen molar-refractivity contribution in [3.63, 3.8) is 0 Å². The van der Waals surface area contributed by atoms with Gasteiger partial charge in [0.05, 0.1) is 11.7 Å². The second kappa shape index (κ2) is 8.44. The number of rotatable bonds is 7. The van der Waals surface area contributed by atoms with Crippen molar-refractivity contribution in [3.05, 3.63) is 54.0 Å². The van der Waals surface area contributed by atoms with Gasteiger partial charge < -0.3 is 10.6 Å². The quantitative estimate of drug-likeness (QED) is 0.561. The molecular formula is C21H22F3N7. The first-order chi connectivity index (χ1) is 14.8. The Labute approximate surface area is 177 Å². The van der Waals surface area contributed by atoms with Crippen LogP contribution in [0.3, 0.4) is 0 Å². The van der Waals surface area contributed by atoms with Crippen molar-refractivity contribution in [1.82, 2.24) is 24.9 Å². The Hall–Kier alpha value is -3.30. The summed E-state index contributed by atoms with van der Waals surface area (Å²) in [6, 6.07) is 9.13. The van der Waals surface area contributed by atoms with E-state index in [4.69, 9.17) is 0 Å². The van der Waals surface area contributed by atoms with Crippen LogP contribution in [-0.2, 0) is 6.18 Å². The number of nitrogens with zero attached hydrogens (tertiary/aromatic N) is 5. The highest BCUT2D eigenvalue weighted by Gasteiger charge is 2.33. The molecule has 1 aliphatic rings. The molecule has 3 aromatic heterocycles. The number of aromatic nitrogens is 5. The predicted molar refractivity (Wildman–Crippen MR) is 110 cm³/mol. The number of hydrogen-bond donors (Lipinski definition) is 2. The van der Waals surface area contributed by atoms with E-state index in [-0.39, 0.29) is 29.6 Å². The Morgan fingerprint density at radius 3 is 2.29 bits per heavy atom. The highest BCUT2D eigenvalue weighted by molar-refractivity contribution is 5.54. The zero-order valence-electron chi connectivity index (χ0n) is 17.1. The van der Waals surface area contributed by atoms with Crippen LogP contribution < -0.4 is 10.6 Å². The summed E-state index contributed by atoms with van der Waals surface area (Å²) in [4.78, 5) is 21.1. The minimum Gasteiger partial charge on any atom is -0.351 e. The van der Waals surface area contributed by atoms with Gasteiger partial charge in [-0.05, 0) is 56.9 Å². The molecule has 3 aromatic rings. The third-order valence-electron chi connectivity index (χ3n) is 5.07. The minimum absolute atomic E-state index is 0.0212. The van der Waals surface area contributed by atoms with E-state index in [0.29, 0.717) is 11.9 Å². The molecule has 10 heteroatoms. The lowest BCUT2D eigenvalue weighted by Crippen LogP contribution is -2.21. The molecule has 1 fully saturated rings. The highest BCUT2D eigenvalue weighted by Crippen LogP contribution is 2.34. The van der Waals surface area contributed by atoms with Gasteiger partial charge in [-0.15, -0.1) is 0 Å². The molecule has 4 rings (SSSR count). The molecule has 3 heterocycles. The smallest absolute Gasteiger partial charge is 0.351 e. The SMILES string of the molecule is CC(Nc1nc(NC(C)C2CC2)nc(-c2cccc(C(F)(F)F)n2)n1)c1ccccn1. The minimum atomic E-state index is -4.56. The summed E-state index contributed by atoms with van der Waals surface area (Å²) in [5.74, 6) is 1.12. The Bertz CT molecular complexity index is 1040. The van der Waals surface area contributed by atoms with E-state index < -0.39 is 11.9 Å². The van der Waals surface area contributed by atoms with Gasteiger partial charge in [0, 0.05) is 12.2 Å². The second-order valence-electron chi connectivity index (χ2n) is 7.60. The lowest BCUT2D eigenvalue weighted by Gasteiger charge is -2.17. The largest absolute Gasteiger partial charge is 0.433 e. The average molecular weight is 429 g/mol. The van der Waals surface area contributed by atoms with Gasteiger partial charge in [0.15, 0.2) is 5.82 Å². The molecule has 0 saturated heterocycles. The maximum Gasteiger partial charge on any atom is 0.433 e. The summed E-state index contributed by atoms with van der Waals surface area (Å²) in [6.45, 7) is 3.93. The Balaban J connectivity index is 1.67. The monoisotopic (exact) mass is 429 g/mol. The van der Waals surface area contributed by atoms with Crippen molar-refractivity contribution < 1.29 is 13.2 Å². The van der Waals surface area contributed by atoms with E-state index in [1.54, 1.807) is 6.20 Å². The fourth-order valence-corrected chi connectivity index (χ4v) is 3.15. The van der Waals surface area contributed by atoms with E-state index in [9.17, 15) is 13.2 Å². The van der Waals surface area contributed by atoms with Gasteiger partial charge in [-0.1, -0.05) is 12.1 Å². The molecule has 0 radical (unpaired) electrons. The lowest BCUT2D eigenvalue weighted by atomic mass is 10.2. The molecular weight excluding hydrogens is 407 g/mol. The molecule has 2 atom stereocenters. The van der Waals surface area contributed by atoms with Crippen LogP contribution in [0.25, 0.3) is 11.5 Å². The van der Waals surface area contributed by atoms with Gasteiger partial charge in [-0.25, -0.2) is 4.98 Å². The van der Waals surface area contributed by atoms with Crippen molar-refractivity contribution >= 4 is 11.9 Å². The summed E-state index contributed by atoms with van der Waals surface area (Å²) in [5.41, 5.74) is -0.196. The standard InChI is InChI=1S/C21H22F3N7/c1-12(14-9-10-14)26-19-29-18(16-7-5-8-17(28-16)21(22,23)24)30-20(31-19)27-13(2)15-6-3-4-11-25-15/h3-8,11-14H,9-10H2,1-2H3,(H2,26,27,29,30,31). The van der Waals surface area contributed by atoms with Crippen molar-refractivity contribution in [1.29, 1.82) is 0 Å². The molecule has 7 nitrogen and oxygen atoms in total. The lowest BCUT2D eigenvalue weighted by molar-refractivity contribution is -0.141. The molecule has 2 N–H and O–H groups in total. The van der Waals surface area contributed by atoms with E-state index in [1.807, 2.05) is 32.0 Å². The molecule has 0 spiro atoms. The summed E-state index contributed by atoms with van der Waals surface area (Å²) < 4.78 is 39.4. The normalized spacial score (nSPS) is 15.9. The Morgan fingerprint density at radius 1 is 0.903 bits per heavy atom. The summed E-state index contributed by atoms with van der Waals surface area (Å²) >= 11 is 0. The molecule has 1 saturated carbocycles. The van der Waals surface area contributed by atoms with Crippen molar-refractivity contribution in [2.75, 3.05) is 10.6 Å². The zero-order valence-corrected chi connectivity index (χ0v) is 17.1. The summed E-state index contributed by atoms with van der Waals surface area (Å²) in [5, 5.41) is 6.40. The molecule has 0 aliphatic heterocycles. The van der Waals surface area contributed by atoms with Crippen molar-refractivity contribution in [2.45, 2.75) is 44.9 Å². The average Bonchev–Trinajstić information content (AvgIpc) is 3.59. The van der Waals surface area contributed by atoms with Gasteiger partial charge in [0.1, 0.15) is 11.4 Å². The number of anilines is 2. The van der Waals surface area contributed by atoms with Crippen LogP contribution in [0.4, 0.5) is 25.1 Å². The maximum absolute atomic E-state index is 13.1. The van der Waals surface area contributed by atoms with Crippen LogP contribution in [0.2, 0.25) is 0 Å². The predicted octanol–water partition coefficient (Wildman–Crippen LogP) is 4.73. The number of pyridine rings is 2. The van der Waals surface area contributed by atoms with Gasteiger partial charge >= 0.3 is 6.18 Å². The zero-order chi connectivity index (χ0) is 22.0. The maximum atomic E-state index is 13.1. The van der Waals surface area contributed by atoms with Crippen LogP contribution in [0, 0.1) is 5.92 Å². The van der Waals surface area contributed by atoms with E-state index in [1.165, 1.54) is 12.1 Å². The topological polar surface area (TPSA) is 88.5 Å². The number of alkyl halides is 3. The first-order valence-corrected chi connectivity index (χ1v) is 10.0. The second-order valence-corrected chi connectivity index (χ2v) is 7.60. The van der Waals surface area contributed by atoms with Crippen molar-refractivity contribution in [2.24, 2.45) is 5.92 Å². The van der Waals surface area contributed by atoms with E-state index in [0.717, 1.165) is 24.6 Å². The molecule has 0 aromatic carbocycles. The van der Waals surface area contributed by atoms with E-state index >= 15 is 0 Å². The van der Waals surface area contributed by atoms with Gasteiger partial charge in [0.2, 0.25) is 11.9 Å². The Morgan fingerprint density at radius 2 is 1.65 bits per heavy atom. The van der Waals surface area contributed by atoms with Crippen LogP contribution in [0.15, 0.2) is 42.6 Å². The highest BCUT2D eigenvalue weighted by atomic mass is 19.4. The number of hydrogen-bond acceptors (Lipinski definition) is 7. The third kappa shape index (κ3) is 5.25. The Kier molecular flexibility index (Phi) is 5.71. The van der Waals surface area contributed by atoms with Crippen LogP contribution >= 0.6 is 0 Å².